The molecule has 0 bridgehead atoms. The molecule has 6 atom stereocenters. The van der Waals surface area contributed by atoms with Crippen molar-refractivity contribution in [3.8, 4) is 0 Å². The van der Waals surface area contributed by atoms with Crippen molar-refractivity contribution in [2.24, 2.45) is 39.7 Å². The van der Waals surface area contributed by atoms with Gasteiger partial charge in [-0.3, -0.25) is 9.69 Å². The first-order valence-electron chi connectivity index (χ1n) is 15.7. The van der Waals surface area contributed by atoms with Crippen molar-refractivity contribution >= 4 is 17.5 Å². The van der Waals surface area contributed by atoms with Gasteiger partial charge >= 0.3 is 5.97 Å². The first kappa shape index (κ1) is 27.8. The second-order valence-electron chi connectivity index (χ2n) is 14.0. The zero-order chi connectivity index (χ0) is 28.1. The molecule has 3 saturated carbocycles. The van der Waals surface area contributed by atoms with Crippen LogP contribution < -0.4 is 0 Å². The Morgan fingerprint density at radius 1 is 0.975 bits per heavy atom. The van der Waals surface area contributed by atoms with Crippen LogP contribution in [0.1, 0.15) is 88.1 Å². The van der Waals surface area contributed by atoms with Crippen LogP contribution in [0.2, 0.25) is 0 Å². The Balaban J connectivity index is 1.08. The molecule has 40 heavy (non-hydrogen) atoms. The highest BCUT2D eigenvalue weighted by Gasteiger charge is 2.59. The fourth-order valence-electron chi connectivity index (χ4n) is 9.49. The highest BCUT2D eigenvalue weighted by atomic mass is 16.7. The quantitative estimate of drug-likeness (QED) is 0.254. The summed E-state index contributed by atoms with van der Waals surface area (Å²) in [6.07, 6.45) is 10.8. The smallest absolute Gasteiger partial charge is 0.313 e. The Morgan fingerprint density at radius 2 is 1.73 bits per heavy atom. The van der Waals surface area contributed by atoms with Crippen LogP contribution in [-0.2, 0) is 16.2 Å². The van der Waals surface area contributed by atoms with Crippen molar-refractivity contribution < 1.29 is 14.4 Å². The number of piperazine rings is 1. The molecule has 6 heteroatoms. The molecule has 0 amide bonds. The number of carbonyl (C=O) groups excluding carboxylic acids is 2. The number of hydrogen-bond acceptors (Lipinski definition) is 6. The number of carbonyl (C=O) groups is 2. The molecule has 0 radical (unpaired) electrons. The lowest BCUT2D eigenvalue weighted by Crippen LogP contribution is -2.51. The summed E-state index contributed by atoms with van der Waals surface area (Å²) in [6.45, 7) is 12.3. The van der Waals surface area contributed by atoms with Crippen molar-refractivity contribution in [1.29, 1.82) is 0 Å². The summed E-state index contributed by atoms with van der Waals surface area (Å²) < 4.78 is 0. The molecular weight excluding hydrogens is 498 g/mol. The lowest BCUT2D eigenvalue weighted by molar-refractivity contribution is -0.117. The van der Waals surface area contributed by atoms with Crippen molar-refractivity contribution in [1.82, 2.24) is 9.80 Å². The van der Waals surface area contributed by atoms with Gasteiger partial charge in [-0.15, -0.1) is 0 Å². The number of benzene rings is 1. The van der Waals surface area contributed by atoms with Crippen molar-refractivity contribution in [2.75, 3.05) is 33.2 Å². The lowest BCUT2D eigenvalue weighted by Gasteiger charge is -2.58. The lowest BCUT2D eigenvalue weighted by atomic mass is 9.46. The van der Waals surface area contributed by atoms with Crippen molar-refractivity contribution in [2.45, 2.75) is 78.7 Å². The standard InChI is InChI=1S/C34H47N3O3/c1-23(35-40-32(39)25-7-5-24(6-8-25)22-37-19-17-36(4)18-20-37)29-11-12-30-28-10-9-26-21-27(38)13-15-33(26,2)31(28)14-16-34(29,30)3/h5-8,21,28-31H,9-20,22H2,1-4H3/t28-,29+,30-,31-,33-,34+/m0/s1. The minimum atomic E-state index is -0.375. The predicted molar refractivity (Wildman–Crippen MR) is 158 cm³/mol. The first-order chi connectivity index (χ1) is 19.2. The largest absolute Gasteiger partial charge is 0.365 e. The summed E-state index contributed by atoms with van der Waals surface area (Å²) in [5, 5.41) is 4.44. The Hall–Kier alpha value is -2.31. The van der Waals surface area contributed by atoms with Crippen molar-refractivity contribution in [3.05, 3.63) is 47.0 Å². The van der Waals surface area contributed by atoms with Gasteiger partial charge in [0.1, 0.15) is 0 Å². The van der Waals surface area contributed by atoms with E-state index in [4.69, 9.17) is 4.84 Å². The first-order valence-corrected chi connectivity index (χ1v) is 15.7. The third-order valence-corrected chi connectivity index (χ3v) is 11.9. The monoisotopic (exact) mass is 545 g/mol. The second-order valence-corrected chi connectivity index (χ2v) is 14.0. The molecule has 1 aromatic rings. The molecule has 1 aliphatic heterocycles. The molecule has 1 saturated heterocycles. The van der Waals surface area contributed by atoms with Crippen LogP contribution in [0.25, 0.3) is 0 Å². The maximum absolute atomic E-state index is 12.9. The average Bonchev–Trinajstić information content (AvgIpc) is 3.31. The fraction of sp³-hybridized carbons (Fsp3) is 0.676. The van der Waals surface area contributed by atoms with E-state index in [9.17, 15) is 9.59 Å². The Bertz CT molecular complexity index is 1200. The fourth-order valence-corrected chi connectivity index (χ4v) is 9.49. The SMILES string of the molecule is CC(=NOC(=O)c1ccc(CN2CCN(C)CC2)cc1)[C@H]1CC[C@H]2[C@@H]3CCC4=CC(=O)CC[C@]4(C)[C@H]3CC[C@]12C. The summed E-state index contributed by atoms with van der Waals surface area (Å²) >= 11 is 0. The van der Waals surface area contributed by atoms with Gasteiger partial charge in [0.2, 0.25) is 0 Å². The summed E-state index contributed by atoms with van der Waals surface area (Å²) in [4.78, 5) is 35.4. The van der Waals surface area contributed by atoms with Gasteiger partial charge in [-0.05, 0) is 111 Å². The summed E-state index contributed by atoms with van der Waals surface area (Å²) in [6, 6.07) is 7.83. The normalized spacial score (nSPS) is 36.9. The molecule has 0 aromatic heterocycles. The van der Waals surface area contributed by atoms with Gasteiger partial charge in [0.15, 0.2) is 5.78 Å². The maximum Gasteiger partial charge on any atom is 0.365 e. The molecule has 216 valence electrons. The van der Waals surface area contributed by atoms with Gasteiger partial charge in [-0.25, -0.2) is 4.79 Å². The van der Waals surface area contributed by atoms with Gasteiger partial charge in [0, 0.05) is 45.1 Å². The number of ketones is 1. The number of rotatable bonds is 5. The molecule has 0 spiro atoms. The van der Waals surface area contributed by atoms with Gasteiger partial charge in [0.05, 0.1) is 11.3 Å². The third-order valence-electron chi connectivity index (χ3n) is 11.9. The molecule has 6 rings (SSSR count). The van der Waals surface area contributed by atoms with E-state index in [2.05, 4.69) is 42.8 Å². The van der Waals surface area contributed by atoms with E-state index in [1.165, 1.54) is 36.8 Å². The van der Waals surface area contributed by atoms with E-state index >= 15 is 0 Å². The number of likely N-dealkylation sites (N-methyl/N-ethyl adjacent to an activating group) is 1. The molecule has 6 nitrogen and oxygen atoms in total. The minimum absolute atomic E-state index is 0.203. The third kappa shape index (κ3) is 5.00. The average molecular weight is 546 g/mol. The highest BCUT2D eigenvalue weighted by molar-refractivity contribution is 5.92. The van der Waals surface area contributed by atoms with E-state index in [0.29, 0.717) is 35.5 Å². The number of nitrogens with zero attached hydrogens (tertiary/aromatic N) is 3. The van der Waals surface area contributed by atoms with Crippen LogP contribution in [0.15, 0.2) is 41.1 Å². The van der Waals surface area contributed by atoms with Crippen LogP contribution in [0.5, 0.6) is 0 Å². The maximum atomic E-state index is 12.9. The summed E-state index contributed by atoms with van der Waals surface area (Å²) in [5.41, 5.74) is 4.58. The Kier molecular flexibility index (Phi) is 7.54. The molecule has 0 unspecified atom stereocenters. The Morgan fingerprint density at radius 3 is 2.48 bits per heavy atom. The molecule has 4 fully saturated rings. The zero-order valence-electron chi connectivity index (χ0n) is 25.0. The van der Waals surface area contributed by atoms with Crippen LogP contribution >= 0.6 is 0 Å². The summed E-state index contributed by atoms with van der Waals surface area (Å²) in [7, 11) is 2.17. The molecule has 1 aromatic carbocycles. The predicted octanol–water partition coefficient (Wildman–Crippen LogP) is 6.11. The number of hydrogen-bond donors (Lipinski definition) is 0. The topological polar surface area (TPSA) is 62.2 Å². The molecule has 5 aliphatic rings. The van der Waals surface area contributed by atoms with Crippen LogP contribution in [0.3, 0.4) is 0 Å². The van der Waals surface area contributed by atoms with Crippen LogP contribution in [0, 0.1) is 34.5 Å². The van der Waals surface area contributed by atoms with Crippen LogP contribution in [0.4, 0.5) is 0 Å². The molecular formula is C34H47N3O3. The van der Waals surface area contributed by atoms with E-state index in [-0.39, 0.29) is 16.8 Å². The van der Waals surface area contributed by atoms with Crippen molar-refractivity contribution in [3.63, 3.8) is 0 Å². The highest BCUT2D eigenvalue weighted by Crippen LogP contribution is 2.66. The second kappa shape index (κ2) is 10.8. The van der Waals surface area contributed by atoms with E-state index in [0.717, 1.165) is 63.6 Å². The number of fused-ring (bicyclic) bond motifs is 5. The van der Waals surface area contributed by atoms with E-state index < -0.39 is 0 Å². The molecule has 0 N–H and O–H groups in total. The zero-order valence-corrected chi connectivity index (χ0v) is 25.0. The van der Waals surface area contributed by atoms with Gasteiger partial charge in [0.25, 0.3) is 0 Å². The molecule has 4 aliphatic carbocycles. The van der Waals surface area contributed by atoms with Gasteiger partial charge in [-0.2, -0.15) is 0 Å². The number of allylic oxidation sites excluding steroid dienone is 1. The van der Waals surface area contributed by atoms with E-state index in [1.807, 2.05) is 30.3 Å². The molecule has 1 heterocycles. The van der Waals surface area contributed by atoms with Crippen LogP contribution in [-0.4, -0.2) is 60.5 Å². The van der Waals surface area contributed by atoms with Gasteiger partial charge < -0.3 is 9.74 Å². The summed E-state index contributed by atoms with van der Waals surface area (Å²) in [5.74, 6) is 2.40. The Labute approximate surface area is 240 Å². The van der Waals surface area contributed by atoms with Gasteiger partial charge in [-0.1, -0.05) is 36.7 Å². The minimum Gasteiger partial charge on any atom is -0.313 e. The number of oxime groups is 1. The van der Waals surface area contributed by atoms with E-state index in [1.54, 1.807) is 0 Å².